The van der Waals surface area contributed by atoms with Gasteiger partial charge in [0.1, 0.15) is 12.2 Å². The average molecular weight is 345 g/mol. The van der Waals surface area contributed by atoms with Crippen LogP contribution in [0, 0.1) is 0 Å². The van der Waals surface area contributed by atoms with Crippen molar-refractivity contribution in [1.82, 2.24) is 10.5 Å². The molecule has 2 aromatic heterocycles. The Morgan fingerprint density at radius 3 is 2.91 bits per heavy atom. The fourth-order valence-electron chi connectivity index (χ4n) is 1.53. The molecule has 6 nitrogen and oxygen atoms in total. The quantitative estimate of drug-likeness (QED) is 0.831. The number of aromatic nitrogens is 1. The second-order valence-corrected chi connectivity index (χ2v) is 6.71. The highest BCUT2D eigenvalue weighted by Gasteiger charge is 2.18. The molecular weight excluding hydrogens is 328 g/mol. The van der Waals surface area contributed by atoms with Gasteiger partial charge in [0.2, 0.25) is 0 Å². The lowest BCUT2D eigenvalue weighted by atomic mass is 10.2. The molecule has 2 rings (SSSR count). The van der Waals surface area contributed by atoms with Gasteiger partial charge in [-0.05, 0) is 37.4 Å². The summed E-state index contributed by atoms with van der Waals surface area (Å²) in [6.45, 7) is 5.86. The molecule has 0 aromatic carbocycles. The van der Waals surface area contributed by atoms with E-state index in [-0.39, 0.29) is 19.0 Å². The maximum absolute atomic E-state index is 11.4. The number of alkyl carbamates (subject to hydrolysis) is 1. The number of ether oxygens (including phenoxy) is 2. The predicted molar refractivity (Wildman–Crippen MR) is 84.6 cm³/mol. The zero-order chi connectivity index (χ0) is 16.2. The molecule has 0 atom stereocenters. The van der Waals surface area contributed by atoms with Crippen molar-refractivity contribution < 1.29 is 18.8 Å². The number of nitrogens with zero attached hydrogens (tertiary/aromatic N) is 1. The normalized spacial score (nSPS) is 11.3. The standard InChI is InChI=1S/C14H17ClN2O4S/c1-14(2,3)20-13(18)16-6-7-19-12-10(15)11(21-17-12)9-5-4-8-22-9/h4-5,8H,6-7H2,1-3H3,(H,16,18). The van der Waals surface area contributed by atoms with Crippen LogP contribution in [0.15, 0.2) is 22.0 Å². The summed E-state index contributed by atoms with van der Waals surface area (Å²) in [6.07, 6.45) is -0.498. The third-order valence-electron chi connectivity index (χ3n) is 2.36. The second-order valence-electron chi connectivity index (χ2n) is 5.39. The summed E-state index contributed by atoms with van der Waals surface area (Å²) in [4.78, 5) is 12.3. The molecule has 0 bridgehead atoms. The first kappa shape index (κ1) is 16.6. The fraction of sp³-hybridized carbons (Fsp3) is 0.429. The van der Waals surface area contributed by atoms with Gasteiger partial charge in [0.15, 0.2) is 10.8 Å². The first-order valence-corrected chi connectivity index (χ1v) is 7.91. The summed E-state index contributed by atoms with van der Waals surface area (Å²) >= 11 is 7.65. The van der Waals surface area contributed by atoms with Crippen molar-refractivity contribution >= 4 is 29.0 Å². The molecule has 0 saturated carbocycles. The Balaban J connectivity index is 1.80. The van der Waals surface area contributed by atoms with Crippen LogP contribution in [-0.2, 0) is 4.74 Å². The van der Waals surface area contributed by atoms with Gasteiger partial charge in [0.25, 0.3) is 5.88 Å². The van der Waals surface area contributed by atoms with Gasteiger partial charge < -0.3 is 19.3 Å². The summed E-state index contributed by atoms with van der Waals surface area (Å²) in [7, 11) is 0. The van der Waals surface area contributed by atoms with Crippen molar-refractivity contribution in [2.75, 3.05) is 13.2 Å². The molecule has 1 amide bonds. The third-order valence-corrected chi connectivity index (χ3v) is 3.56. The lowest BCUT2D eigenvalue weighted by Gasteiger charge is -2.19. The fourth-order valence-corrected chi connectivity index (χ4v) is 2.52. The topological polar surface area (TPSA) is 73.6 Å². The van der Waals surface area contributed by atoms with E-state index >= 15 is 0 Å². The van der Waals surface area contributed by atoms with Gasteiger partial charge in [-0.15, -0.1) is 11.3 Å². The lowest BCUT2D eigenvalue weighted by molar-refractivity contribution is 0.0519. The Labute approximate surface area is 137 Å². The van der Waals surface area contributed by atoms with Crippen molar-refractivity contribution in [2.45, 2.75) is 26.4 Å². The van der Waals surface area contributed by atoms with E-state index < -0.39 is 11.7 Å². The number of carbonyl (C=O) groups excluding carboxylic acids is 1. The average Bonchev–Trinajstić information content (AvgIpc) is 3.02. The summed E-state index contributed by atoms with van der Waals surface area (Å²) in [5, 5.41) is 8.59. The van der Waals surface area contributed by atoms with E-state index in [1.807, 2.05) is 17.5 Å². The van der Waals surface area contributed by atoms with Gasteiger partial charge in [-0.25, -0.2) is 4.79 Å². The number of halogens is 1. The second kappa shape index (κ2) is 7.02. The molecular formula is C14H17ClN2O4S. The number of rotatable bonds is 5. The van der Waals surface area contributed by atoms with Crippen LogP contribution in [0.3, 0.4) is 0 Å². The van der Waals surface area contributed by atoms with Crippen LogP contribution in [0.25, 0.3) is 10.6 Å². The molecule has 1 N–H and O–H groups in total. The Bertz CT molecular complexity index is 619. The summed E-state index contributed by atoms with van der Waals surface area (Å²) in [6, 6.07) is 3.77. The van der Waals surface area contributed by atoms with Crippen LogP contribution in [0.4, 0.5) is 4.79 Å². The van der Waals surface area contributed by atoms with E-state index in [1.165, 1.54) is 11.3 Å². The molecule has 0 aliphatic heterocycles. The summed E-state index contributed by atoms with van der Waals surface area (Å²) in [5.74, 6) is 0.683. The van der Waals surface area contributed by atoms with Gasteiger partial charge in [-0.1, -0.05) is 17.7 Å². The number of nitrogens with one attached hydrogen (secondary N) is 1. The minimum Gasteiger partial charge on any atom is -0.473 e. The molecule has 2 aromatic rings. The number of thiophene rings is 1. The van der Waals surface area contributed by atoms with Crippen LogP contribution in [-0.4, -0.2) is 30.0 Å². The van der Waals surface area contributed by atoms with Gasteiger partial charge in [-0.2, -0.15) is 0 Å². The molecule has 0 spiro atoms. The summed E-state index contributed by atoms with van der Waals surface area (Å²) in [5.41, 5.74) is -0.532. The van der Waals surface area contributed by atoms with E-state index in [0.29, 0.717) is 10.8 Å². The summed E-state index contributed by atoms with van der Waals surface area (Å²) < 4.78 is 15.7. The van der Waals surface area contributed by atoms with Crippen molar-refractivity contribution in [3.63, 3.8) is 0 Å². The first-order valence-electron chi connectivity index (χ1n) is 6.65. The Morgan fingerprint density at radius 2 is 2.27 bits per heavy atom. The Kier molecular flexibility index (Phi) is 5.31. The van der Waals surface area contributed by atoms with E-state index in [9.17, 15) is 4.79 Å². The molecule has 2 heterocycles. The van der Waals surface area contributed by atoms with Crippen molar-refractivity contribution in [2.24, 2.45) is 0 Å². The highest BCUT2D eigenvalue weighted by Crippen LogP contribution is 2.37. The number of amides is 1. The Hall–Kier alpha value is -1.73. The highest BCUT2D eigenvalue weighted by atomic mass is 35.5. The lowest BCUT2D eigenvalue weighted by Crippen LogP contribution is -2.34. The van der Waals surface area contributed by atoms with Crippen molar-refractivity contribution in [3.05, 3.63) is 22.5 Å². The van der Waals surface area contributed by atoms with E-state index in [1.54, 1.807) is 20.8 Å². The molecule has 0 unspecified atom stereocenters. The number of hydrogen-bond donors (Lipinski definition) is 1. The maximum atomic E-state index is 11.4. The number of hydrogen-bond acceptors (Lipinski definition) is 6. The third kappa shape index (κ3) is 4.64. The predicted octanol–water partition coefficient (Wildman–Crippen LogP) is 3.96. The minimum absolute atomic E-state index is 0.204. The van der Waals surface area contributed by atoms with Gasteiger partial charge >= 0.3 is 6.09 Å². The monoisotopic (exact) mass is 344 g/mol. The van der Waals surface area contributed by atoms with Gasteiger partial charge in [-0.3, -0.25) is 0 Å². The van der Waals surface area contributed by atoms with Crippen molar-refractivity contribution in [3.8, 4) is 16.5 Å². The van der Waals surface area contributed by atoms with E-state index in [0.717, 1.165) is 4.88 Å². The van der Waals surface area contributed by atoms with E-state index in [4.69, 9.17) is 25.6 Å². The van der Waals surface area contributed by atoms with Crippen LogP contribution >= 0.6 is 22.9 Å². The molecule has 120 valence electrons. The van der Waals surface area contributed by atoms with Crippen LogP contribution in [0.5, 0.6) is 5.88 Å². The molecule has 0 aliphatic rings. The van der Waals surface area contributed by atoms with Gasteiger partial charge in [0, 0.05) is 0 Å². The van der Waals surface area contributed by atoms with Gasteiger partial charge in [0.05, 0.1) is 11.4 Å². The largest absolute Gasteiger partial charge is 0.473 e. The molecule has 8 heteroatoms. The minimum atomic E-state index is -0.532. The maximum Gasteiger partial charge on any atom is 0.407 e. The van der Waals surface area contributed by atoms with Crippen LogP contribution < -0.4 is 10.1 Å². The molecule has 0 saturated heterocycles. The first-order chi connectivity index (χ1) is 10.4. The molecule has 0 radical (unpaired) electrons. The zero-order valence-electron chi connectivity index (χ0n) is 12.5. The number of carbonyl (C=O) groups is 1. The molecule has 0 fully saturated rings. The van der Waals surface area contributed by atoms with Crippen LogP contribution in [0.1, 0.15) is 20.8 Å². The van der Waals surface area contributed by atoms with Crippen LogP contribution in [0.2, 0.25) is 5.02 Å². The SMILES string of the molecule is CC(C)(C)OC(=O)NCCOc1noc(-c2cccs2)c1Cl. The zero-order valence-corrected chi connectivity index (χ0v) is 14.1. The highest BCUT2D eigenvalue weighted by molar-refractivity contribution is 7.13. The van der Waals surface area contributed by atoms with E-state index in [2.05, 4.69) is 10.5 Å². The Morgan fingerprint density at radius 1 is 1.50 bits per heavy atom. The van der Waals surface area contributed by atoms with Crippen molar-refractivity contribution in [1.29, 1.82) is 0 Å². The molecule has 0 aliphatic carbocycles. The smallest absolute Gasteiger partial charge is 0.407 e. The molecule has 22 heavy (non-hydrogen) atoms.